The van der Waals surface area contributed by atoms with Crippen LogP contribution >= 0.6 is 0 Å². The number of amides is 1. The third-order valence-corrected chi connectivity index (χ3v) is 4.02. The van der Waals surface area contributed by atoms with Crippen LogP contribution < -0.4 is 5.32 Å². The zero-order valence-corrected chi connectivity index (χ0v) is 14.7. The Bertz CT molecular complexity index is 1040. The van der Waals surface area contributed by atoms with E-state index in [0.29, 0.717) is 12.4 Å². The van der Waals surface area contributed by atoms with Crippen LogP contribution in [-0.4, -0.2) is 25.7 Å². The molecule has 0 aliphatic heterocycles. The minimum atomic E-state index is -0.365. The lowest BCUT2D eigenvalue weighted by Crippen LogP contribution is -2.24. The summed E-state index contributed by atoms with van der Waals surface area (Å²) >= 11 is 0. The van der Waals surface area contributed by atoms with Gasteiger partial charge >= 0.3 is 0 Å². The number of pyridine rings is 1. The van der Waals surface area contributed by atoms with Crippen molar-refractivity contribution in [3.63, 3.8) is 0 Å². The summed E-state index contributed by atoms with van der Waals surface area (Å²) in [7, 11) is 0. The first kappa shape index (κ1) is 16.7. The molecular formula is C20H17N5O2. The number of hydrogen-bond donors (Lipinski definition) is 1. The summed E-state index contributed by atoms with van der Waals surface area (Å²) < 4.78 is 6.80. The number of rotatable bonds is 5. The van der Waals surface area contributed by atoms with Crippen LogP contribution in [0.2, 0.25) is 0 Å². The molecule has 0 aliphatic rings. The molecule has 0 radical (unpaired) electrons. The molecule has 0 saturated heterocycles. The predicted molar refractivity (Wildman–Crippen MR) is 99.2 cm³/mol. The van der Waals surface area contributed by atoms with E-state index >= 15 is 0 Å². The Hall–Kier alpha value is -3.74. The summed E-state index contributed by atoms with van der Waals surface area (Å²) in [6.45, 7) is 2.32. The van der Waals surface area contributed by atoms with Gasteiger partial charge in [-0.15, -0.1) is 5.10 Å². The van der Waals surface area contributed by atoms with Gasteiger partial charge < -0.3 is 9.73 Å². The Kier molecular flexibility index (Phi) is 4.49. The molecule has 3 heterocycles. The van der Waals surface area contributed by atoms with Gasteiger partial charge in [-0.2, -0.15) is 0 Å². The first-order valence-electron chi connectivity index (χ1n) is 8.45. The highest BCUT2D eigenvalue weighted by atomic mass is 16.3. The lowest BCUT2D eigenvalue weighted by atomic mass is 10.2. The average Bonchev–Trinajstić information content (AvgIpc) is 3.37. The zero-order chi connectivity index (χ0) is 18.6. The van der Waals surface area contributed by atoms with E-state index in [9.17, 15) is 4.79 Å². The summed E-state index contributed by atoms with van der Waals surface area (Å²) in [6.07, 6.45) is 4.82. The first-order chi connectivity index (χ1) is 13.2. The highest BCUT2D eigenvalue weighted by Crippen LogP contribution is 2.22. The maximum absolute atomic E-state index is 12.5. The Morgan fingerprint density at radius 2 is 2.00 bits per heavy atom. The van der Waals surface area contributed by atoms with E-state index in [1.54, 1.807) is 29.5 Å². The quantitative estimate of drug-likeness (QED) is 0.591. The van der Waals surface area contributed by atoms with E-state index in [2.05, 4.69) is 20.4 Å². The van der Waals surface area contributed by atoms with Crippen molar-refractivity contribution in [3.05, 3.63) is 84.3 Å². The lowest BCUT2D eigenvalue weighted by Gasteiger charge is -2.04. The third kappa shape index (κ3) is 3.62. The second-order valence-electron chi connectivity index (χ2n) is 6.02. The van der Waals surface area contributed by atoms with Crippen LogP contribution in [0.15, 0.2) is 71.7 Å². The maximum atomic E-state index is 12.5. The molecule has 4 aromatic rings. The van der Waals surface area contributed by atoms with Crippen molar-refractivity contribution < 1.29 is 9.21 Å². The lowest BCUT2D eigenvalue weighted by molar-refractivity contribution is 0.0940. The van der Waals surface area contributed by atoms with E-state index in [1.807, 2.05) is 49.4 Å². The number of carbonyl (C=O) groups is 1. The van der Waals surface area contributed by atoms with Gasteiger partial charge in [0.1, 0.15) is 6.26 Å². The Balaban J connectivity index is 1.64. The molecule has 27 heavy (non-hydrogen) atoms. The van der Waals surface area contributed by atoms with E-state index in [0.717, 1.165) is 22.5 Å². The molecule has 1 aromatic carbocycles. The highest BCUT2D eigenvalue weighted by Gasteiger charge is 2.19. The second-order valence-corrected chi connectivity index (χ2v) is 6.02. The van der Waals surface area contributed by atoms with Crippen LogP contribution in [0.25, 0.3) is 17.1 Å². The van der Waals surface area contributed by atoms with Crippen molar-refractivity contribution in [3.8, 4) is 17.1 Å². The number of aromatic nitrogens is 4. The van der Waals surface area contributed by atoms with Crippen molar-refractivity contribution in [1.82, 2.24) is 25.1 Å². The molecule has 0 spiro atoms. The molecule has 1 amide bonds. The Morgan fingerprint density at radius 3 is 2.70 bits per heavy atom. The van der Waals surface area contributed by atoms with Crippen molar-refractivity contribution in [1.29, 1.82) is 0 Å². The number of hydrogen-bond acceptors (Lipinski definition) is 5. The first-order valence-corrected chi connectivity index (χ1v) is 8.45. The fourth-order valence-corrected chi connectivity index (χ4v) is 2.61. The Morgan fingerprint density at radius 1 is 1.15 bits per heavy atom. The molecule has 4 rings (SSSR count). The molecule has 0 bridgehead atoms. The van der Waals surface area contributed by atoms with Crippen LogP contribution in [0, 0.1) is 6.92 Å². The molecule has 0 unspecified atom stereocenters. The number of carbonyl (C=O) groups excluding carboxylic acids is 1. The normalized spacial score (nSPS) is 10.7. The van der Waals surface area contributed by atoms with E-state index in [-0.39, 0.29) is 11.7 Å². The monoisotopic (exact) mass is 359 g/mol. The van der Waals surface area contributed by atoms with Crippen molar-refractivity contribution >= 4 is 5.91 Å². The van der Waals surface area contributed by atoms with Crippen LogP contribution in [0.1, 0.15) is 21.9 Å². The molecule has 7 heteroatoms. The summed E-state index contributed by atoms with van der Waals surface area (Å²) in [5, 5.41) is 7.21. The number of furan rings is 1. The van der Waals surface area contributed by atoms with Crippen LogP contribution in [0.5, 0.6) is 0 Å². The minimum absolute atomic E-state index is 0.0858. The molecule has 0 atom stereocenters. The van der Waals surface area contributed by atoms with Crippen molar-refractivity contribution in [2.45, 2.75) is 13.5 Å². The largest absolute Gasteiger partial charge is 0.472 e. The van der Waals surface area contributed by atoms with Gasteiger partial charge in [0.15, 0.2) is 5.82 Å². The summed E-state index contributed by atoms with van der Waals surface area (Å²) in [5.41, 5.74) is 3.45. The second kappa shape index (κ2) is 7.25. The van der Waals surface area contributed by atoms with Gasteiger partial charge in [0.2, 0.25) is 5.82 Å². The molecule has 0 aliphatic carbocycles. The smallest absolute Gasteiger partial charge is 0.291 e. The number of nitrogens with one attached hydrogen (secondary N) is 1. The van der Waals surface area contributed by atoms with Gasteiger partial charge in [0.25, 0.3) is 5.91 Å². The topological polar surface area (TPSA) is 85.8 Å². The minimum Gasteiger partial charge on any atom is -0.472 e. The zero-order valence-electron chi connectivity index (χ0n) is 14.7. The SMILES string of the molecule is Cc1ccc(-n2nc(C(=O)NCc3ccccn3)nc2-c2ccoc2)cc1. The van der Waals surface area contributed by atoms with Gasteiger partial charge in [0.05, 0.1) is 29.8 Å². The highest BCUT2D eigenvalue weighted by molar-refractivity contribution is 5.90. The summed E-state index contributed by atoms with van der Waals surface area (Å²) in [5.74, 6) is 0.259. The summed E-state index contributed by atoms with van der Waals surface area (Å²) in [6, 6.07) is 15.2. The average molecular weight is 359 g/mol. The fraction of sp³-hybridized carbons (Fsp3) is 0.100. The van der Waals surface area contributed by atoms with Crippen molar-refractivity contribution in [2.24, 2.45) is 0 Å². The summed E-state index contributed by atoms with van der Waals surface area (Å²) in [4.78, 5) is 21.2. The van der Waals surface area contributed by atoms with E-state index in [4.69, 9.17) is 4.42 Å². The number of benzene rings is 1. The van der Waals surface area contributed by atoms with Crippen molar-refractivity contribution in [2.75, 3.05) is 0 Å². The standard InChI is InChI=1S/C20H17N5O2/c1-14-5-7-17(8-6-14)25-19(15-9-11-27-13-15)23-18(24-25)20(26)22-12-16-4-2-3-10-21-16/h2-11,13H,12H2,1H3,(H,22,26). The van der Waals surface area contributed by atoms with E-state index < -0.39 is 0 Å². The van der Waals surface area contributed by atoms with Gasteiger partial charge in [-0.05, 0) is 37.3 Å². The Labute approximate surface area is 155 Å². The molecule has 0 fully saturated rings. The van der Waals surface area contributed by atoms with Crippen LogP contribution in [0.3, 0.4) is 0 Å². The maximum Gasteiger partial charge on any atom is 0.291 e. The van der Waals surface area contributed by atoms with Gasteiger partial charge in [-0.3, -0.25) is 9.78 Å². The third-order valence-electron chi connectivity index (χ3n) is 4.02. The fourth-order valence-electron chi connectivity index (χ4n) is 2.61. The molecule has 3 aromatic heterocycles. The molecule has 134 valence electrons. The van der Waals surface area contributed by atoms with Crippen LogP contribution in [0.4, 0.5) is 0 Å². The molecule has 0 saturated carbocycles. The number of aryl methyl sites for hydroxylation is 1. The van der Waals surface area contributed by atoms with Gasteiger partial charge in [0, 0.05) is 6.20 Å². The molecular weight excluding hydrogens is 342 g/mol. The van der Waals surface area contributed by atoms with Crippen LogP contribution in [-0.2, 0) is 6.54 Å². The van der Waals surface area contributed by atoms with Gasteiger partial charge in [-0.1, -0.05) is 23.8 Å². The molecule has 7 nitrogen and oxygen atoms in total. The predicted octanol–water partition coefficient (Wildman–Crippen LogP) is 3.16. The number of nitrogens with zero attached hydrogens (tertiary/aromatic N) is 4. The van der Waals surface area contributed by atoms with Gasteiger partial charge in [-0.25, -0.2) is 9.67 Å². The van der Waals surface area contributed by atoms with E-state index in [1.165, 1.54) is 0 Å². The molecule has 1 N–H and O–H groups in total.